The summed E-state index contributed by atoms with van der Waals surface area (Å²) in [6.45, 7) is 2.53. The van der Waals surface area contributed by atoms with Gasteiger partial charge in [0, 0.05) is 26.0 Å². The van der Waals surface area contributed by atoms with Crippen LogP contribution in [0.25, 0.3) is 0 Å². The molecule has 1 aromatic heterocycles. The smallest absolute Gasteiger partial charge is 0.231 e. The molecular formula is C11H17ClN8. The summed E-state index contributed by atoms with van der Waals surface area (Å²) in [6, 6.07) is 0. The molecular weight excluding hydrogens is 280 g/mol. The van der Waals surface area contributed by atoms with Crippen molar-refractivity contribution in [2.24, 2.45) is 10.7 Å². The Bertz CT molecular complexity index is 552. The minimum Gasteiger partial charge on any atom is -0.403 e. The van der Waals surface area contributed by atoms with Gasteiger partial charge in [-0.3, -0.25) is 10.4 Å². The second kappa shape index (κ2) is 7.29. The summed E-state index contributed by atoms with van der Waals surface area (Å²) in [4.78, 5) is 12.3. The van der Waals surface area contributed by atoms with Crippen LogP contribution >= 0.6 is 11.6 Å². The van der Waals surface area contributed by atoms with Gasteiger partial charge in [-0.25, -0.2) is 0 Å². The summed E-state index contributed by atoms with van der Waals surface area (Å²) in [5.74, 6) is 0.673. The highest BCUT2D eigenvalue weighted by Crippen LogP contribution is 2.22. The number of allylic oxidation sites excluding steroid dienone is 1. The van der Waals surface area contributed by atoms with Crippen LogP contribution in [0.4, 0.5) is 17.6 Å². The maximum Gasteiger partial charge on any atom is 0.231 e. The van der Waals surface area contributed by atoms with Gasteiger partial charge in [0.15, 0.2) is 0 Å². The number of rotatable bonds is 6. The van der Waals surface area contributed by atoms with E-state index in [0.717, 1.165) is 0 Å². The molecule has 8 nitrogen and oxygen atoms in total. The zero-order chi connectivity index (χ0) is 15.1. The number of anilines is 3. The molecule has 1 heterocycles. The van der Waals surface area contributed by atoms with Crippen molar-refractivity contribution in [3.05, 3.63) is 17.5 Å². The van der Waals surface area contributed by atoms with Gasteiger partial charge in [-0.05, 0) is 6.92 Å². The van der Waals surface area contributed by atoms with Gasteiger partial charge in [0.25, 0.3) is 0 Å². The van der Waals surface area contributed by atoms with E-state index < -0.39 is 0 Å². The molecule has 0 aromatic carbocycles. The molecule has 1 aromatic rings. The number of nitrogen functional groups attached to an aromatic ring is 1. The molecule has 0 aliphatic heterocycles. The highest BCUT2D eigenvalue weighted by Gasteiger charge is 2.14. The van der Waals surface area contributed by atoms with E-state index in [-0.39, 0.29) is 22.5 Å². The van der Waals surface area contributed by atoms with Crippen molar-refractivity contribution >= 4 is 40.6 Å². The van der Waals surface area contributed by atoms with Crippen molar-refractivity contribution in [3.63, 3.8) is 0 Å². The Morgan fingerprint density at radius 1 is 1.50 bits per heavy atom. The molecule has 9 heteroatoms. The van der Waals surface area contributed by atoms with Gasteiger partial charge in [-0.1, -0.05) is 11.6 Å². The predicted molar refractivity (Wildman–Crippen MR) is 83.6 cm³/mol. The molecule has 7 N–H and O–H groups in total. The topological polar surface area (TPSA) is 138 Å². The van der Waals surface area contributed by atoms with Crippen molar-refractivity contribution < 1.29 is 0 Å². The lowest BCUT2D eigenvalue weighted by atomic mass is 10.3. The molecule has 0 saturated heterocycles. The van der Waals surface area contributed by atoms with Gasteiger partial charge in [0.05, 0.1) is 11.3 Å². The maximum absolute atomic E-state index is 7.45. The SMILES string of the molecule is CCN=CC(=CN)Nc1nc(N)c(C(=N)Cl)c(NC)n1. The third kappa shape index (κ3) is 3.82. The zero-order valence-electron chi connectivity index (χ0n) is 11.2. The highest BCUT2D eigenvalue weighted by atomic mass is 35.5. The fourth-order valence-corrected chi connectivity index (χ4v) is 1.55. The number of hydrogen-bond acceptors (Lipinski definition) is 8. The fraction of sp³-hybridized carbons (Fsp3) is 0.273. The van der Waals surface area contributed by atoms with Gasteiger partial charge in [-0.15, -0.1) is 0 Å². The molecule has 0 aliphatic carbocycles. The fourth-order valence-electron chi connectivity index (χ4n) is 1.37. The molecule has 0 aliphatic rings. The first-order valence-electron chi connectivity index (χ1n) is 5.81. The van der Waals surface area contributed by atoms with Gasteiger partial charge < -0.3 is 22.1 Å². The average Bonchev–Trinajstić information content (AvgIpc) is 2.41. The Hall–Kier alpha value is -2.35. The van der Waals surface area contributed by atoms with Gasteiger partial charge in [0.2, 0.25) is 5.95 Å². The Kier molecular flexibility index (Phi) is 5.73. The van der Waals surface area contributed by atoms with Crippen molar-refractivity contribution in [2.75, 3.05) is 30.0 Å². The number of aromatic nitrogens is 2. The lowest BCUT2D eigenvalue weighted by Gasteiger charge is -2.11. The molecule has 0 atom stereocenters. The van der Waals surface area contributed by atoms with Crippen molar-refractivity contribution in [1.29, 1.82) is 5.41 Å². The van der Waals surface area contributed by atoms with Crippen LogP contribution in [0, 0.1) is 5.41 Å². The first kappa shape index (κ1) is 15.7. The third-order valence-corrected chi connectivity index (χ3v) is 2.43. The zero-order valence-corrected chi connectivity index (χ0v) is 12.0. The van der Waals surface area contributed by atoms with Crippen LogP contribution < -0.4 is 22.1 Å². The quantitative estimate of drug-likeness (QED) is 0.496. The van der Waals surface area contributed by atoms with Crippen molar-refractivity contribution in [1.82, 2.24) is 9.97 Å². The Morgan fingerprint density at radius 2 is 2.20 bits per heavy atom. The number of nitrogens with one attached hydrogen (secondary N) is 3. The third-order valence-electron chi connectivity index (χ3n) is 2.24. The second-order valence-corrected chi connectivity index (χ2v) is 3.97. The first-order valence-corrected chi connectivity index (χ1v) is 6.19. The van der Waals surface area contributed by atoms with Gasteiger partial charge in [-0.2, -0.15) is 9.97 Å². The van der Waals surface area contributed by atoms with E-state index >= 15 is 0 Å². The molecule has 0 unspecified atom stereocenters. The van der Waals surface area contributed by atoms with Gasteiger partial charge >= 0.3 is 0 Å². The van der Waals surface area contributed by atoms with E-state index in [9.17, 15) is 0 Å². The second-order valence-electron chi connectivity index (χ2n) is 3.59. The molecule has 20 heavy (non-hydrogen) atoms. The normalized spacial score (nSPS) is 11.7. The van der Waals surface area contributed by atoms with E-state index in [1.165, 1.54) is 6.20 Å². The van der Waals surface area contributed by atoms with Crippen LogP contribution in [0.3, 0.4) is 0 Å². The van der Waals surface area contributed by atoms with E-state index in [0.29, 0.717) is 18.1 Å². The number of nitrogens with zero attached hydrogens (tertiary/aromatic N) is 3. The molecule has 0 spiro atoms. The van der Waals surface area contributed by atoms with Crippen molar-refractivity contribution in [2.45, 2.75) is 6.92 Å². The largest absolute Gasteiger partial charge is 0.403 e. The number of nitrogens with two attached hydrogens (primary N) is 2. The Morgan fingerprint density at radius 3 is 2.70 bits per heavy atom. The summed E-state index contributed by atoms with van der Waals surface area (Å²) in [5.41, 5.74) is 12.0. The minimum absolute atomic E-state index is 0.0932. The van der Waals surface area contributed by atoms with Crippen LogP contribution in [-0.4, -0.2) is 34.9 Å². The van der Waals surface area contributed by atoms with E-state index in [2.05, 4.69) is 25.6 Å². The Balaban J connectivity index is 3.12. The van der Waals surface area contributed by atoms with Crippen LogP contribution in [0.2, 0.25) is 0 Å². The lowest BCUT2D eigenvalue weighted by molar-refractivity contribution is 1.13. The van der Waals surface area contributed by atoms with Gasteiger partial charge in [0.1, 0.15) is 16.8 Å². The summed E-state index contributed by atoms with van der Waals surface area (Å²) >= 11 is 5.66. The molecule has 0 fully saturated rings. The number of aliphatic imine (C=N–C) groups is 1. The first-order chi connectivity index (χ1) is 9.53. The molecule has 0 bridgehead atoms. The maximum atomic E-state index is 7.45. The van der Waals surface area contributed by atoms with Crippen LogP contribution in [-0.2, 0) is 0 Å². The van der Waals surface area contributed by atoms with E-state index in [1.807, 2.05) is 6.92 Å². The summed E-state index contributed by atoms with van der Waals surface area (Å²) in [6.07, 6.45) is 2.91. The van der Waals surface area contributed by atoms with Crippen LogP contribution in [0.1, 0.15) is 12.5 Å². The molecule has 0 saturated carbocycles. The van der Waals surface area contributed by atoms with Crippen LogP contribution in [0.5, 0.6) is 0 Å². The highest BCUT2D eigenvalue weighted by molar-refractivity contribution is 6.69. The number of halogens is 1. The lowest BCUT2D eigenvalue weighted by Crippen LogP contribution is -2.13. The summed E-state index contributed by atoms with van der Waals surface area (Å²) in [7, 11) is 1.65. The summed E-state index contributed by atoms with van der Waals surface area (Å²) < 4.78 is 0. The molecule has 108 valence electrons. The molecule has 0 radical (unpaired) electrons. The molecule has 0 amide bonds. The minimum atomic E-state index is -0.236. The van der Waals surface area contributed by atoms with Crippen LogP contribution in [0.15, 0.2) is 16.9 Å². The summed E-state index contributed by atoms with van der Waals surface area (Å²) in [5, 5.41) is 12.9. The standard InChI is InChI=1S/C11H17ClN8/c1-3-17-5-6(4-13)18-11-19-9(15)7(8(12)14)10(16-2)20-11/h4-5,14H,3,13H2,1-2H3,(H4,15,16,18,19,20). The van der Waals surface area contributed by atoms with E-state index in [1.54, 1.807) is 13.3 Å². The number of hydrogen-bond donors (Lipinski definition) is 5. The Labute approximate surface area is 121 Å². The monoisotopic (exact) mass is 296 g/mol. The van der Waals surface area contributed by atoms with E-state index in [4.69, 9.17) is 28.5 Å². The average molecular weight is 297 g/mol. The predicted octanol–water partition coefficient (Wildman–Crippen LogP) is 0.967. The van der Waals surface area contributed by atoms with Crippen molar-refractivity contribution in [3.8, 4) is 0 Å². The molecule has 1 rings (SSSR count).